The van der Waals surface area contributed by atoms with E-state index in [4.69, 9.17) is 0 Å². The molecule has 1 aliphatic carbocycles. The van der Waals surface area contributed by atoms with Crippen molar-refractivity contribution in [2.45, 2.75) is 38.1 Å². The maximum absolute atomic E-state index is 12.6. The molecule has 3 N–H and O–H groups in total. The maximum atomic E-state index is 12.6. The number of fused-ring (bicyclic) bond motifs is 1. The monoisotopic (exact) mass is 300 g/mol. The number of hydrogen-bond donors (Lipinski definition) is 3. The molecule has 3 rings (SSSR count). The molecular weight excluding hydrogens is 280 g/mol. The molecule has 1 fully saturated rings. The molecule has 1 amide bonds. The first-order valence-electron chi connectivity index (χ1n) is 7.64. The number of aromatic nitrogens is 1. The number of amides is 1. The molecule has 5 heteroatoms. The number of carboxylic acid groups (broad SMARTS) is 1. The van der Waals surface area contributed by atoms with Crippen LogP contribution in [0.1, 0.15) is 43.0 Å². The van der Waals surface area contributed by atoms with Gasteiger partial charge in [-0.2, -0.15) is 0 Å². The molecule has 0 atom stereocenters. The van der Waals surface area contributed by atoms with Crippen molar-refractivity contribution in [1.82, 2.24) is 10.3 Å². The highest BCUT2D eigenvalue weighted by atomic mass is 16.4. The second-order valence-electron chi connectivity index (χ2n) is 6.27. The molecule has 5 nitrogen and oxygen atoms in total. The van der Waals surface area contributed by atoms with Crippen LogP contribution in [0.3, 0.4) is 0 Å². The molecule has 1 aromatic carbocycles. The van der Waals surface area contributed by atoms with Crippen LogP contribution in [0.25, 0.3) is 10.9 Å². The van der Waals surface area contributed by atoms with E-state index in [0.29, 0.717) is 24.3 Å². The zero-order valence-electron chi connectivity index (χ0n) is 12.6. The van der Waals surface area contributed by atoms with Gasteiger partial charge in [0, 0.05) is 11.6 Å². The summed E-state index contributed by atoms with van der Waals surface area (Å²) in [7, 11) is 0. The SMILES string of the molecule is CC1CCC(NC(=O)c2cccc3cc[nH]c23)(C(=O)O)CC1. The number of carbonyl (C=O) groups is 2. The van der Waals surface area contributed by atoms with Crippen molar-refractivity contribution < 1.29 is 14.7 Å². The van der Waals surface area contributed by atoms with Crippen LogP contribution in [0.4, 0.5) is 0 Å². The number of para-hydroxylation sites is 1. The number of aromatic amines is 1. The van der Waals surface area contributed by atoms with Crippen LogP contribution in [0.2, 0.25) is 0 Å². The summed E-state index contributed by atoms with van der Waals surface area (Å²) in [6, 6.07) is 7.33. The normalized spacial score (nSPS) is 25.0. The molecule has 22 heavy (non-hydrogen) atoms. The van der Waals surface area contributed by atoms with Gasteiger partial charge >= 0.3 is 5.97 Å². The fourth-order valence-corrected chi connectivity index (χ4v) is 3.21. The standard InChI is InChI=1S/C17H20N2O3/c1-11-5-8-17(9-6-11,16(21)22)19-15(20)13-4-2-3-12-7-10-18-14(12)13/h2-4,7,10-11,18H,5-6,8-9H2,1H3,(H,19,20)(H,21,22). The number of aliphatic carboxylic acids is 1. The molecule has 0 saturated heterocycles. The van der Waals surface area contributed by atoms with Gasteiger partial charge in [0.05, 0.1) is 11.1 Å². The van der Waals surface area contributed by atoms with Gasteiger partial charge in [0.15, 0.2) is 0 Å². The van der Waals surface area contributed by atoms with E-state index in [0.717, 1.165) is 23.7 Å². The average Bonchev–Trinajstić information content (AvgIpc) is 2.97. The zero-order valence-corrected chi connectivity index (χ0v) is 12.6. The van der Waals surface area contributed by atoms with Gasteiger partial charge in [-0.15, -0.1) is 0 Å². The van der Waals surface area contributed by atoms with Crippen molar-refractivity contribution in [3.8, 4) is 0 Å². The lowest BCUT2D eigenvalue weighted by Gasteiger charge is -2.36. The predicted octanol–water partition coefficient (Wildman–Crippen LogP) is 2.93. The third-order valence-corrected chi connectivity index (χ3v) is 4.72. The Bertz CT molecular complexity index is 712. The van der Waals surface area contributed by atoms with E-state index in [1.165, 1.54) is 0 Å². The highest BCUT2D eigenvalue weighted by Crippen LogP contribution is 2.32. The van der Waals surface area contributed by atoms with Gasteiger partial charge in [0.2, 0.25) is 0 Å². The minimum atomic E-state index is -1.14. The lowest BCUT2D eigenvalue weighted by Crippen LogP contribution is -2.56. The van der Waals surface area contributed by atoms with Crippen LogP contribution >= 0.6 is 0 Å². The second kappa shape index (κ2) is 5.48. The second-order valence-corrected chi connectivity index (χ2v) is 6.27. The lowest BCUT2D eigenvalue weighted by molar-refractivity contribution is -0.146. The smallest absolute Gasteiger partial charge is 0.329 e. The van der Waals surface area contributed by atoms with E-state index in [9.17, 15) is 14.7 Å². The molecule has 0 bridgehead atoms. The van der Waals surface area contributed by atoms with Gasteiger partial charge in [0.25, 0.3) is 5.91 Å². The van der Waals surface area contributed by atoms with Crippen LogP contribution in [0.5, 0.6) is 0 Å². The highest BCUT2D eigenvalue weighted by molar-refractivity contribution is 6.07. The fraction of sp³-hybridized carbons (Fsp3) is 0.412. The Kier molecular flexibility index (Phi) is 3.64. The van der Waals surface area contributed by atoms with Crippen molar-refractivity contribution in [3.63, 3.8) is 0 Å². The van der Waals surface area contributed by atoms with Crippen molar-refractivity contribution in [2.24, 2.45) is 5.92 Å². The summed E-state index contributed by atoms with van der Waals surface area (Å²) in [6.45, 7) is 2.12. The Morgan fingerprint density at radius 1 is 1.27 bits per heavy atom. The van der Waals surface area contributed by atoms with E-state index >= 15 is 0 Å². The van der Waals surface area contributed by atoms with Gasteiger partial charge in [-0.05, 0) is 43.7 Å². The Balaban J connectivity index is 1.89. The van der Waals surface area contributed by atoms with Crippen LogP contribution in [-0.2, 0) is 4.79 Å². The number of nitrogens with one attached hydrogen (secondary N) is 2. The number of hydrogen-bond acceptors (Lipinski definition) is 2. The van der Waals surface area contributed by atoms with E-state index < -0.39 is 11.5 Å². The van der Waals surface area contributed by atoms with E-state index in [1.54, 1.807) is 12.3 Å². The highest BCUT2D eigenvalue weighted by Gasteiger charge is 2.42. The number of carbonyl (C=O) groups excluding carboxylic acids is 1. The zero-order chi connectivity index (χ0) is 15.7. The van der Waals surface area contributed by atoms with Crippen molar-refractivity contribution in [3.05, 3.63) is 36.0 Å². The fourth-order valence-electron chi connectivity index (χ4n) is 3.21. The van der Waals surface area contributed by atoms with Crippen molar-refractivity contribution in [2.75, 3.05) is 0 Å². The van der Waals surface area contributed by atoms with Gasteiger partial charge in [0.1, 0.15) is 5.54 Å². The lowest BCUT2D eigenvalue weighted by atomic mass is 9.77. The summed E-state index contributed by atoms with van der Waals surface area (Å²) in [5.41, 5.74) is 0.0877. The number of rotatable bonds is 3. The van der Waals surface area contributed by atoms with Gasteiger partial charge < -0.3 is 15.4 Å². The summed E-state index contributed by atoms with van der Waals surface area (Å²) in [4.78, 5) is 27.4. The Morgan fingerprint density at radius 2 is 2.00 bits per heavy atom. The molecule has 1 heterocycles. The Morgan fingerprint density at radius 3 is 2.68 bits per heavy atom. The average molecular weight is 300 g/mol. The third kappa shape index (κ3) is 2.47. The van der Waals surface area contributed by atoms with E-state index in [1.807, 2.05) is 18.2 Å². The minimum absolute atomic E-state index is 0.329. The third-order valence-electron chi connectivity index (χ3n) is 4.72. The number of H-pyrrole nitrogens is 1. The molecule has 0 aliphatic heterocycles. The van der Waals surface area contributed by atoms with Gasteiger partial charge in [-0.3, -0.25) is 4.79 Å². The van der Waals surface area contributed by atoms with Crippen molar-refractivity contribution >= 4 is 22.8 Å². The Labute approximate surface area is 128 Å². The summed E-state index contributed by atoms with van der Waals surface area (Å²) in [5, 5.41) is 13.4. The largest absolute Gasteiger partial charge is 0.480 e. The minimum Gasteiger partial charge on any atom is -0.480 e. The van der Waals surface area contributed by atoms with Gasteiger partial charge in [-0.1, -0.05) is 19.1 Å². The summed E-state index contributed by atoms with van der Waals surface area (Å²) in [6.07, 6.45) is 4.38. The topological polar surface area (TPSA) is 82.2 Å². The Hall–Kier alpha value is -2.30. The molecule has 116 valence electrons. The predicted molar refractivity (Wildman–Crippen MR) is 83.8 cm³/mol. The maximum Gasteiger partial charge on any atom is 0.329 e. The molecule has 0 spiro atoms. The quantitative estimate of drug-likeness (QED) is 0.815. The van der Waals surface area contributed by atoms with Crippen LogP contribution in [-0.4, -0.2) is 27.5 Å². The summed E-state index contributed by atoms with van der Waals surface area (Å²) < 4.78 is 0. The first-order valence-corrected chi connectivity index (χ1v) is 7.64. The molecule has 1 aliphatic rings. The van der Waals surface area contributed by atoms with Crippen LogP contribution < -0.4 is 5.32 Å². The molecule has 2 aromatic rings. The molecule has 1 saturated carbocycles. The van der Waals surface area contributed by atoms with E-state index in [-0.39, 0.29) is 5.91 Å². The molecule has 0 radical (unpaired) electrons. The summed E-state index contributed by atoms with van der Waals surface area (Å²) in [5.74, 6) is -0.757. The first kappa shape index (κ1) is 14.6. The van der Waals surface area contributed by atoms with Gasteiger partial charge in [-0.25, -0.2) is 4.79 Å². The van der Waals surface area contributed by atoms with Crippen LogP contribution in [0.15, 0.2) is 30.5 Å². The van der Waals surface area contributed by atoms with E-state index in [2.05, 4.69) is 17.2 Å². The van der Waals surface area contributed by atoms with Crippen molar-refractivity contribution in [1.29, 1.82) is 0 Å². The summed E-state index contributed by atoms with van der Waals surface area (Å²) >= 11 is 0. The van der Waals surface area contributed by atoms with Crippen LogP contribution in [0, 0.1) is 5.92 Å². The number of benzene rings is 1. The number of carboxylic acids is 1. The first-order chi connectivity index (χ1) is 10.5. The molecule has 1 aromatic heterocycles. The molecular formula is C17H20N2O3. The molecule has 0 unspecified atom stereocenters.